The van der Waals surface area contributed by atoms with Gasteiger partial charge in [-0.15, -0.1) is 0 Å². The number of nitrogens with zero attached hydrogens (tertiary/aromatic N) is 1. The van der Waals surface area contributed by atoms with Crippen LogP contribution in [0.15, 0.2) is 59.0 Å². The van der Waals surface area contributed by atoms with E-state index in [0.717, 1.165) is 36.6 Å². The maximum atomic E-state index is 6.09. The van der Waals surface area contributed by atoms with Gasteiger partial charge in [-0.2, -0.15) is 0 Å². The van der Waals surface area contributed by atoms with Crippen molar-refractivity contribution in [1.82, 2.24) is 4.98 Å². The molecule has 0 amide bonds. The number of fused-ring (bicyclic) bond motifs is 3. The molecule has 0 bridgehead atoms. The van der Waals surface area contributed by atoms with Crippen LogP contribution in [-0.4, -0.2) is 29.7 Å². The van der Waals surface area contributed by atoms with Crippen molar-refractivity contribution in [3.8, 4) is 11.3 Å². The van der Waals surface area contributed by atoms with Gasteiger partial charge in [0.05, 0.1) is 0 Å². The minimum atomic E-state index is 0.925. The molecule has 2 heterocycles. The SMILES string of the molecule is Cc1c[c]([Bi])nc(-c2cccc3c2oc2ccccc23)c1. The summed E-state index contributed by atoms with van der Waals surface area (Å²) in [5, 5.41) is 2.31. The standard InChI is InChI=1S/C18H12NO.Bi/c1-12-9-10-19-16(11-12)15-7-4-6-14-13-5-2-3-8-17(13)20-18(14)15;/h2-9,11H,1H3;. The molecule has 0 spiro atoms. The van der Waals surface area contributed by atoms with Crippen molar-refractivity contribution in [3.63, 3.8) is 0 Å². The van der Waals surface area contributed by atoms with E-state index in [-0.39, 0.29) is 0 Å². The Kier molecular flexibility index (Phi) is 3.04. The maximum absolute atomic E-state index is 6.09. The van der Waals surface area contributed by atoms with E-state index in [9.17, 15) is 0 Å². The predicted octanol–water partition coefficient (Wildman–Crippen LogP) is 3.75. The molecular formula is C18H12BiNO. The van der Waals surface area contributed by atoms with Crippen LogP contribution in [0, 0.1) is 6.92 Å². The molecule has 0 unspecified atom stereocenters. The fourth-order valence-electron chi connectivity index (χ4n) is 2.74. The Balaban J connectivity index is 2.09. The summed E-state index contributed by atoms with van der Waals surface area (Å²) in [7, 11) is 0. The third-order valence-electron chi connectivity index (χ3n) is 3.64. The van der Waals surface area contributed by atoms with E-state index in [1.807, 2.05) is 18.2 Å². The quantitative estimate of drug-likeness (QED) is 0.399. The van der Waals surface area contributed by atoms with E-state index in [1.54, 1.807) is 0 Å². The van der Waals surface area contributed by atoms with E-state index >= 15 is 0 Å². The summed E-state index contributed by atoms with van der Waals surface area (Å²) in [6.07, 6.45) is 0. The average Bonchev–Trinajstić information content (AvgIpc) is 2.84. The second kappa shape index (κ2) is 4.92. The van der Waals surface area contributed by atoms with Gasteiger partial charge in [-0.1, -0.05) is 0 Å². The normalized spacial score (nSPS) is 11.3. The molecule has 0 fully saturated rings. The molecule has 2 nitrogen and oxygen atoms in total. The number of furan rings is 1. The molecule has 0 aliphatic carbocycles. The summed E-state index contributed by atoms with van der Waals surface area (Å²) in [4.78, 5) is 4.71. The van der Waals surface area contributed by atoms with E-state index in [4.69, 9.17) is 9.40 Å². The zero-order chi connectivity index (χ0) is 14.4. The molecule has 2 aromatic carbocycles. The predicted molar refractivity (Wildman–Crippen MR) is 87.1 cm³/mol. The van der Waals surface area contributed by atoms with Gasteiger partial charge in [0.25, 0.3) is 0 Å². The number of benzene rings is 2. The van der Waals surface area contributed by atoms with Gasteiger partial charge in [-0.25, -0.2) is 0 Å². The third-order valence-corrected chi connectivity index (χ3v) is 4.53. The van der Waals surface area contributed by atoms with Crippen molar-refractivity contribution >= 4 is 50.1 Å². The number of aromatic nitrogens is 1. The summed E-state index contributed by atoms with van der Waals surface area (Å²) >= 11 is 1.17. The van der Waals surface area contributed by atoms with Crippen LogP contribution in [0.1, 0.15) is 5.56 Å². The third kappa shape index (κ3) is 2.17. The Labute approximate surface area is 137 Å². The Hall–Kier alpha value is -1.73. The van der Waals surface area contributed by atoms with Crippen LogP contribution in [0.4, 0.5) is 0 Å². The van der Waals surface area contributed by atoms with Gasteiger partial charge in [0.2, 0.25) is 0 Å². The molecule has 0 N–H and O–H groups in total. The molecule has 4 aromatic rings. The molecule has 3 heteroatoms. The van der Waals surface area contributed by atoms with Crippen molar-refractivity contribution in [2.75, 3.05) is 0 Å². The van der Waals surface area contributed by atoms with Gasteiger partial charge in [0.15, 0.2) is 0 Å². The number of para-hydroxylation sites is 2. The molecular weight excluding hydrogens is 455 g/mol. The van der Waals surface area contributed by atoms with Gasteiger partial charge in [-0.3, -0.25) is 0 Å². The molecule has 21 heavy (non-hydrogen) atoms. The first kappa shape index (κ1) is 13.0. The molecule has 0 aliphatic heterocycles. The monoisotopic (exact) mass is 467 g/mol. The Morgan fingerprint density at radius 3 is 2.62 bits per heavy atom. The first-order valence-corrected chi connectivity index (χ1v) is 8.54. The van der Waals surface area contributed by atoms with E-state index in [1.165, 1.54) is 30.3 Å². The molecule has 2 aromatic heterocycles. The second-order valence-corrected chi connectivity index (χ2v) is 6.95. The van der Waals surface area contributed by atoms with Crippen LogP contribution < -0.4 is 3.40 Å². The molecule has 100 valence electrons. The van der Waals surface area contributed by atoms with Gasteiger partial charge < -0.3 is 0 Å². The molecule has 0 atom stereocenters. The zero-order valence-electron chi connectivity index (χ0n) is 11.5. The van der Waals surface area contributed by atoms with Crippen molar-refractivity contribution < 1.29 is 4.42 Å². The Morgan fingerprint density at radius 2 is 1.76 bits per heavy atom. The number of pyridine rings is 1. The minimum absolute atomic E-state index is 0.925. The fourth-order valence-corrected chi connectivity index (χ4v) is 3.95. The van der Waals surface area contributed by atoms with Gasteiger partial charge >= 0.3 is 138 Å². The summed E-state index contributed by atoms with van der Waals surface area (Å²) in [5.74, 6) is 0. The van der Waals surface area contributed by atoms with Crippen LogP contribution in [0.25, 0.3) is 33.2 Å². The van der Waals surface area contributed by atoms with Gasteiger partial charge in [0.1, 0.15) is 0 Å². The summed E-state index contributed by atoms with van der Waals surface area (Å²) < 4.78 is 7.22. The van der Waals surface area contributed by atoms with E-state index < -0.39 is 0 Å². The van der Waals surface area contributed by atoms with Gasteiger partial charge in [0, 0.05) is 0 Å². The first-order chi connectivity index (χ1) is 10.2. The molecule has 0 saturated heterocycles. The van der Waals surface area contributed by atoms with Crippen molar-refractivity contribution in [2.24, 2.45) is 0 Å². The number of aryl methyl sites for hydroxylation is 1. The average molecular weight is 467 g/mol. The van der Waals surface area contributed by atoms with Crippen LogP contribution in [0.3, 0.4) is 0 Å². The van der Waals surface area contributed by atoms with Crippen LogP contribution in [-0.2, 0) is 0 Å². The van der Waals surface area contributed by atoms with Gasteiger partial charge in [-0.05, 0) is 0 Å². The molecule has 2 radical (unpaired) electrons. The van der Waals surface area contributed by atoms with E-state index in [0.29, 0.717) is 0 Å². The molecule has 0 saturated carbocycles. The number of hydrogen-bond donors (Lipinski definition) is 0. The van der Waals surface area contributed by atoms with Crippen LogP contribution in [0.2, 0.25) is 0 Å². The van der Waals surface area contributed by atoms with Crippen LogP contribution >= 0.6 is 0 Å². The Bertz CT molecular complexity index is 951. The van der Waals surface area contributed by atoms with Crippen molar-refractivity contribution in [1.29, 1.82) is 0 Å². The number of hydrogen-bond acceptors (Lipinski definition) is 2. The van der Waals surface area contributed by atoms with Crippen molar-refractivity contribution in [3.05, 3.63) is 60.2 Å². The summed E-state index contributed by atoms with van der Waals surface area (Å²) in [5.41, 5.74) is 5.16. The van der Waals surface area contributed by atoms with E-state index in [2.05, 4.69) is 43.3 Å². The molecule has 0 aliphatic rings. The first-order valence-electron chi connectivity index (χ1n) is 6.81. The second-order valence-electron chi connectivity index (χ2n) is 5.17. The molecule has 4 rings (SSSR count). The summed E-state index contributed by atoms with van der Waals surface area (Å²) in [6.45, 7) is 2.11. The zero-order valence-corrected chi connectivity index (χ0v) is 15.0. The Morgan fingerprint density at radius 1 is 0.952 bits per heavy atom. The van der Waals surface area contributed by atoms with Crippen LogP contribution in [0.5, 0.6) is 0 Å². The topological polar surface area (TPSA) is 26.0 Å². The fraction of sp³-hybridized carbons (Fsp3) is 0.0556. The number of rotatable bonds is 1. The summed E-state index contributed by atoms with van der Waals surface area (Å²) in [6, 6.07) is 18.7. The van der Waals surface area contributed by atoms with Crippen molar-refractivity contribution in [2.45, 2.75) is 6.92 Å².